The first kappa shape index (κ1) is 16.8. The van der Waals surface area contributed by atoms with Crippen molar-refractivity contribution in [1.82, 2.24) is 0 Å². The zero-order valence-corrected chi connectivity index (χ0v) is 15.1. The monoisotopic (exact) mass is 353 g/mol. The highest BCUT2D eigenvalue weighted by atomic mass is 16.6. The number of amides is 1. The van der Waals surface area contributed by atoms with Crippen LogP contribution in [-0.2, 0) is 10.2 Å². The largest absolute Gasteiger partial charge is 0.491 e. The Kier molecular flexibility index (Phi) is 4.23. The zero-order valence-electron chi connectivity index (χ0n) is 15.1. The van der Waals surface area contributed by atoms with E-state index in [1.165, 1.54) is 0 Å². The van der Waals surface area contributed by atoms with Crippen molar-refractivity contribution in [3.8, 4) is 17.2 Å². The van der Waals surface area contributed by atoms with Crippen LogP contribution >= 0.6 is 0 Å². The fraction of sp³-hybridized carbons (Fsp3) is 0.381. The average Bonchev–Trinajstić information content (AvgIpc) is 3.44. The minimum absolute atomic E-state index is 0.0201. The second kappa shape index (κ2) is 6.56. The molecule has 2 aromatic rings. The highest BCUT2D eigenvalue weighted by Gasteiger charge is 2.51. The summed E-state index contributed by atoms with van der Waals surface area (Å²) in [5, 5.41) is 3.04. The second-order valence-electron chi connectivity index (χ2n) is 7.09. The molecule has 0 spiro atoms. The fourth-order valence-electron chi connectivity index (χ4n) is 3.25. The number of carbonyl (C=O) groups is 1. The van der Waals surface area contributed by atoms with E-state index in [2.05, 4.69) is 5.32 Å². The summed E-state index contributed by atoms with van der Waals surface area (Å²) >= 11 is 0. The summed E-state index contributed by atoms with van der Waals surface area (Å²) < 4.78 is 16.9. The number of rotatable bonds is 5. The molecule has 1 heterocycles. The van der Waals surface area contributed by atoms with Gasteiger partial charge >= 0.3 is 0 Å². The first-order chi connectivity index (χ1) is 12.6. The summed E-state index contributed by atoms with van der Waals surface area (Å²) in [5.41, 5.74) is 1.29. The lowest BCUT2D eigenvalue weighted by molar-refractivity contribution is -0.118. The lowest BCUT2D eigenvalue weighted by Crippen LogP contribution is -2.28. The molecular formula is C21H23NO4. The van der Waals surface area contributed by atoms with E-state index in [0.717, 1.165) is 41.3 Å². The van der Waals surface area contributed by atoms with Gasteiger partial charge in [-0.3, -0.25) is 4.79 Å². The van der Waals surface area contributed by atoms with Crippen LogP contribution in [0.15, 0.2) is 42.5 Å². The third-order valence-corrected chi connectivity index (χ3v) is 4.76. The van der Waals surface area contributed by atoms with Crippen LogP contribution in [0.4, 0.5) is 5.69 Å². The number of ether oxygens (including phenoxy) is 3. The quantitative estimate of drug-likeness (QED) is 0.885. The van der Waals surface area contributed by atoms with E-state index >= 15 is 0 Å². The van der Waals surface area contributed by atoms with E-state index in [9.17, 15) is 4.79 Å². The molecule has 136 valence electrons. The van der Waals surface area contributed by atoms with Gasteiger partial charge in [0.15, 0.2) is 11.5 Å². The third-order valence-electron chi connectivity index (χ3n) is 4.76. The van der Waals surface area contributed by atoms with Crippen LogP contribution in [0.3, 0.4) is 0 Å². The molecule has 2 aliphatic rings. The minimum atomic E-state index is -0.469. The first-order valence-corrected chi connectivity index (χ1v) is 9.05. The minimum Gasteiger partial charge on any atom is -0.491 e. The van der Waals surface area contributed by atoms with Gasteiger partial charge in [-0.05, 0) is 68.7 Å². The van der Waals surface area contributed by atoms with E-state index < -0.39 is 5.41 Å². The van der Waals surface area contributed by atoms with Crippen molar-refractivity contribution in [2.45, 2.75) is 38.2 Å². The average molecular weight is 353 g/mol. The molecule has 1 N–H and O–H groups in total. The summed E-state index contributed by atoms with van der Waals surface area (Å²) in [5.74, 6) is 2.29. The number of fused-ring (bicyclic) bond motifs is 1. The van der Waals surface area contributed by atoms with Gasteiger partial charge in [-0.15, -0.1) is 0 Å². The number of benzene rings is 2. The van der Waals surface area contributed by atoms with Gasteiger partial charge in [0.25, 0.3) is 0 Å². The maximum atomic E-state index is 12.9. The SMILES string of the molecule is CC(C)Oc1ccc(NC(=O)C2(c3ccc4c(c3)OCCO4)CC2)cc1. The summed E-state index contributed by atoms with van der Waals surface area (Å²) in [4.78, 5) is 12.9. The highest BCUT2D eigenvalue weighted by Crippen LogP contribution is 2.50. The van der Waals surface area contributed by atoms with Crippen molar-refractivity contribution in [2.75, 3.05) is 18.5 Å². The molecule has 2 aromatic carbocycles. The number of carbonyl (C=O) groups excluding carboxylic acids is 1. The molecule has 0 unspecified atom stereocenters. The molecule has 4 rings (SSSR count). The van der Waals surface area contributed by atoms with Crippen molar-refractivity contribution < 1.29 is 19.0 Å². The second-order valence-corrected chi connectivity index (χ2v) is 7.09. The molecule has 5 heteroatoms. The van der Waals surface area contributed by atoms with Gasteiger partial charge in [0, 0.05) is 5.69 Å². The Labute approximate surface area is 153 Å². The summed E-state index contributed by atoms with van der Waals surface area (Å²) in [6, 6.07) is 13.3. The van der Waals surface area contributed by atoms with Crippen LogP contribution < -0.4 is 19.5 Å². The Hall–Kier alpha value is -2.69. The standard InChI is InChI=1S/C21H23NO4/c1-14(2)26-17-6-4-16(5-7-17)22-20(23)21(9-10-21)15-3-8-18-19(13-15)25-12-11-24-18/h3-8,13-14H,9-12H2,1-2H3,(H,22,23). The van der Waals surface area contributed by atoms with Gasteiger partial charge in [-0.2, -0.15) is 0 Å². The van der Waals surface area contributed by atoms with Crippen LogP contribution in [-0.4, -0.2) is 25.2 Å². The van der Waals surface area contributed by atoms with Gasteiger partial charge in [-0.1, -0.05) is 6.07 Å². The van der Waals surface area contributed by atoms with Gasteiger partial charge in [0.1, 0.15) is 19.0 Å². The molecule has 0 aromatic heterocycles. The molecule has 1 aliphatic heterocycles. The van der Waals surface area contributed by atoms with Crippen molar-refractivity contribution in [3.63, 3.8) is 0 Å². The Morgan fingerprint density at radius 1 is 1.04 bits per heavy atom. The van der Waals surface area contributed by atoms with Crippen molar-refractivity contribution >= 4 is 11.6 Å². The van der Waals surface area contributed by atoms with Crippen LogP contribution in [0.2, 0.25) is 0 Å². The topological polar surface area (TPSA) is 56.8 Å². The molecule has 1 amide bonds. The van der Waals surface area contributed by atoms with Gasteiger partial charge in [0.2, 0.25) is 5.91 Å². The Morgan fingerprint density at radius 2 is 1.73 bits per heavy atom. The predicted octanol–water partition coefficient (Wildman–Crippen LogP) is 3.92. The fourth-order valence-corrected chi connectivity index (χ4v) is 3.25. The van der Waals surface area contributed by atoms with Crippen molar-refractivity contribution in [1.29, 1.82) is 0 Å². The van der Waals surface area contributed by atoms with Crippen LogP contribution in [0.1, 0.15) is 32.3 Å². The highest BCUT2D eigenvalue weighted by molar-refractivity contribution is 6.01. The van der Waals surface area contributed by atoms with Crippen LogP contribution in [0.5, 0.6) is 17.2 Å². The Bertz CT molecular complexity index is 809. The van der Waals surface area contributed by atoms with Gasteiger partial charge in [-0.25, -0.2) is 0 Å². The normalized spacial score (nSPS) is 16.9. The lowest BCUT2D eigenvalue weighted by Gasteiger charge is -2.21. The zero-order chi connectivity index (χ0) is 18.1. The molecule has 0 saturated heterocycles. The van der Waals surface area contributed by atoms with E-state index in [0.29, 0.717) is 13.2 Å². The van der Waals surface area contributed by atoms with Gasteiger partial charge < -0.3 is 19.5 Å². The van der Waals surface area contributed by atoms with Gasteiger partial charge in [0.05, 0.1) is 11.5 Å². The summed E-state index contributed by atoms with van der Waals surface area (Å²) in [6.45, 7) is 5.08. The van der Waals surface area contributed by atoms with E-state index in [-0.39, 0.29) is 12.0 Å². The molecule has 1 aliphatic carbocycles. The smallest absolute Gasteiger partial charge is 0.235 e. The number of hydrogen-bond donors (Lipinski definition) is 1. The molecule has 1 fully saturated rings. The summed E-state index contributed by atoms with van der Waals surface area (Å²) in [7, 11) is 0. The molecule has 0 atom stereocenters. The Morgan fingerprint density at radius 3 is 2.38 bits per heavy atom. The number of hydrogen-bond acceptors (Lipinski definition) is 4. The van der Waals surface area contributed by atoms with Crippen molar-refractivity contribution in [3.05, 3.63) is 48.0 Å². The predicted molar refractivity (Wildman–Crippen MR) is 99.2 cm³/mol. The van der Waals surface area contributed by atoms with E-state index in [1.807, 2.05) is 56.3 Å². The summed E-state index contributed by atoms with van der Waals surface area (Å²) in [6.07, 6.45) is 1.81. The van der Waals surface area contributed by atoms with E-state index in [4.69, 9.17) is 14.2 Å². The van der Waals surface area contributed by atoms with Crippen molar-refractivity contribution in [2.24, 2.45) is 0 Å². The van der Waals surface area contributed by atoms with Crippen LogP contribution in [0, 0.1) is 0 Å². The maximum Gasteiger partial charge on any atom is 0.235 e. The maximum absolute atomic E-state index is 12.9. The molecule has 1 saturated carbocycles. The first-order valence-electron chi connectivity index (χ1n) is 9.05. The number of nitrogens with one attached hydrogen (secondary N) is 1. The molecular weight excluding hydrogens is 330 g/mol. The Balaban J connectivity index is 1.49. The number of anilines is 1. The molecule has 0 radical (unpaired) electrons. The van der Waals surface area contributed by atoms with Crippen LogP contribution in [0.25, 0.3) is 0 Å². The third kappa shape index (κ3) is 3.21. The molecule has 0 bridgehead atoms. The lowest BCUT2D eigenvalue weighted by atomic mass is 9.94. The molecule has 26 heavy (non-hydrogen) atoms. The molecule has 5 nitrogen and oxygen atoms in total. The van der Waals surface area contributed by atoms with E-state index in [1.54, 1.807) is 0 Å².